The second-order valence-corrected chi connectivity index (χ2v) is 5.94. The van der Waals surface area contributed by atoms with E-state index in [1.807, 2.05) is 0 Å². The van der Waals surface area contributed by atoms with E-state index in [0.717, 1.165) is 18.7 Å². The smallest absolute Gasteiger partial charge is 0.0555 e. The molecule has 0 bridgehead atoms. The van der Waals surface area contributed by atoms with Gasteiger partial charge in [-0.15, -0.1) is 0 Å². The van der Waals surface area contributed by atoms with Crippen LogP contribution >= 0.6 is 0 Å². The second kappa shape index (κ2) is 6.58. The molecule has 0 heterocycles. The average Bonchev–Trinajstić information content (AvgIpc) is 2.25. The standard InChI is InChI=1S/C16H24N2/c1-16(2,3)13-18(4)12-15-9-7-14(8-10-15)6-5-11-17/h7-10H,11-13,17H2,1-4H3. The summed E-state index contributed by atoms with van der Waals surface area (Å²) in [5.74, 6) is 5.90. The summed E-state index contributed by atoms with van der Waals surface area (Å²) < 4.78 is 0. The molecule has 0 saturated carbocycles. The molecule has 98 valence electrons. The first-order valence-corrected chi connectivity index (χ1v) is 6.37. The molecule has 0 amide bonds. The van der Waals surface area contributed by atoms with Crippen molar-refractivity contribution in [1.82, 2.24) is 4.90 Å². The van der Waals surface area contributed by atoms with E-state index in [1.54, 1.807) is 0 Å². The van der Waals surface area contributed by atoms with Gasteiger partial charge in [-0.05, 0) is 30.2 Å². The van der Waals surface area contributed by atoms with Crippen molar-refractivity contribution in [1.29, 1.82) is 0 Å². The van der Waals surface area contributed by atoms with Crippen molar-refractivity contribution in [2.45, 2.75) is 27.3 Å². The minimum absolute atomic E-state index is 0.335. The highest BCUT2D eigenvalue weighted by atomic mass is 15.1. The fraction of sp³-hybridized carbons (Fsp3) is 0.500. The van der Waals surface area contributed by atoms with E-state index in [0.29, 0.717) is 12.0 Å². The summed E-state index contributed by atoms with van der Waals surface area (Å²) in [6.45, 7) is 9.25. The summed E-state index contributed by atoms with van der Waals surface area (Å²) >= 11 is 0. The summed E-state index contributed by atoms with van der Waals surface area (Å²) in [6, 6.07) is 8.39. The van der Waals surface area contributed by atoms with E-state index in [2.05, 4.69) is 68.8 Å². The van der Waals surface area contributed by atoms with Crippen LogP contribution in [0.25, 0.3) is 0 Å². The van der Waals surface area contributed by atoms with Gasteiger partial charge in [0.25, 0.3) is 0 Å². The lowest BCUT2D eigenvalue weighted by molar-refractivity contribution is 0.221. The van der Waals surface area contributed by atoms with Gasteiger partial charge in [0, 0.05) is 18.7 Å². The average molecular weight is 244 g/mol. The molecule has 0 unspecified atom stereocenters. The van der Waals surface area contributed by atoms with Crippen molar-refractivity contribution in [2.24, 2.45) is 11.1 Å². The Labute approximate surface area is 111 Å². The van der Waals surface area contributed by atoms with E-state index in [9.17, 15) is 0 Å². The molecule has 2 N–H and O–H groups in total. The molecule has 2 nitrogen and oxygen atoms in total. The van der Waals surface area contributed by atoms with Gasteiger partial charge in [-0.2, -0.15) is 0 Å². The zero-order chi connectivity index (χ0) is 13.6. The van der Waals surface area contributed by atoms with E-state index < -0.39 is 0 Å². The van der Waals surface area contributed by atoms with E-state index in [4.69, 9.17) is 5.73 Å². The molecule has 0 aromatic heterocycles. The Balaban J connectivity index is 2.58. The quantitative estimate of drug-likeness (QED) is 0.828. The highest BCUT2D eigenvalue weighted by Gasteiger charge is 2.13. The molecule has 1 aromatic rings. The maximum atomic E-state index is 5.35. The van der Waals surface area contributed by atoms with Crippen LogP contribution in [0.3, 0.4) is 0 Å². The second-order valence-electron chi connectivity index (χ2n) is 5.94. The Morgan fingerprint density at radius 2 is 1.78 bits per heavy atom. The van der Waals surface area contributed by atoms with Crippen LogP contribution in [0.4, 0.5) is 0 Å². The third kappa shape index (κ3) is 5.86. The maximum absolute atomic E-state index is 5.35. The zero-order valence-corrected chi connectivity index (χ0v) is 12.0. The SMILES string of the molecule is CN(Cc1ccc(C#CCN)cc1)CC(C)(C)C. The highest BCUT2D eigenvalue weighted by molar-refractivity contribution is 5.36. The van der Waals surface area contributed by atoms with Crippen LogP contribution < -0.4 is 5.73 Å². The molecule has 1 rings (SSSR count). The van der Waals surface area contributed by atoms with Crippen molar-refractivity contribution < 1.29 is 0 Å². The lowest BCUT2D eigenvalue weighted by atomic mass is 9.96. The molecule has 0 aliphatic rings. The van der Waals surface area contributed by atoms with Gasteiger partial charge >= 0.3 is 0 Å². The van der Waals surface area contributed by atoms with E-state index in [1.165, 1.54) is 5.56 Å². The van der Waals surface area contributed by atoms with Crippen molar-refractivity contribution in [3.05, 3.63) is 35.4 Å². The lowest BCUT2D eigenvalue weighted by Gasteiger charge is -2.26. The molecule has 0 atom stereocenters. The molecule has 18 heavy (non-hydrogen) atoms. The molecule has 1 aromatic carbocycles. The lowest BCUT2D eigenvalue weighted by Crippen LogP contribution is -2.28. The predicted molar refractivity (Wildman–Crippen MR) is 78.2 cm³/mol. The van der Waals surface area contributed by atoms with Gasteiger partial charge in [0.1, 0.15) is 0 Å². The van der Waals surface area contributed by atoms with Gasteiger partial charge in [0.05, 0.1) is 6.54 Å². The predicted octanol–water partition coefficient (Wildman–Crippen LogP) is 2.47. The van der Waals surface area contributed by atoms with Crippen molar-refractivity contribution >= 4 is 0 Å². The number of hydrogen-bond acceptors (Lipinski definition) is 2. The Morgan fingerprint density at radius 3 is 2.28 bits per heavy atom. The minimum Gasteiger partial charge on any atom is -0.320 e. The van der Waals surface area contributed by atoms with E-state index >= 15 is 0 Å². The summed E-state index contributed by atoms with van der Waals surface area (Å²) in [6.07, 6.45) is 0. The Hall–Kier alpha value is -1.30. The topological polar surface area (TPSA) is 29.3 Å². The number of benzene rings is 1. The molecule has 2 heteroatoms. The van der Waals surface area contributed by atoms with Crippen molar-refractivity contribution in [3.8, 4) is 11.8 Å². The fourth-order valence-electron chi connectivity index (χ4n) is 2.02. The molecule has 0 radical (unpaired) electrons. The van der Waals surface area contributed by atoms with Crippen LogP contribution in [-0.4, -0.2) is 25.0 Å². The first kappa shape index (κ1) is 14.8. The Kier molecular flexibility index (Phi) is 5.40. The molecule has 0 spiro atoms. The van der Waals surface area contributed by atoms with Crippen LogP contribution in [0.15, 0.2) is 24.3 Å². The zero-order valence-electron chi connectivity index (χ0n) is 12.0. The van der Waals surface area contributed by atoms with Gasteiger partial charge in [0.2, 0.25) is 0 Å². The third-order valence-electron chi connectivity index (χ3n) is 2.49. The van der Waals surface area contributed by atoms with Gasteiger partial charge in [-0.25, -0.2) is 0 Å². The van der Waals surface area contributed by atoms with Gasteiger partial charge < -0.3 is 10.6 Å². The van der Waals surface area contributed by atoms with E-state index in [-0.39, 0.29) is 0 Å². The maximum Gasteiger partial charge on any atom is 0.0555 e. The number of nitrogens with two attached hydrogens (primary N) is 1. The number of rotatable bonds is 3. The van der Waals surface area contributed by atoms with Gasteiger partial charge in [-0.3, -0.25) is 0 Å². The third-order valence-corrected chi connectivity index (χ3v) is 2.49. The van der Waals surface area contributed by atoms with Gasteiger partial charge in [-0.1, -0.05) is 44.7 Å². The monoisotopic (exact) mass is 244 g/mol. The van der Waals surface area contributed by atoms with Crippen LogP contribution in [0.2, 0.25) is 0 Å². The normalized spacial score (nSPS) is 11.2. The Bertz CT molecular complexity index is 415. The van der Waals surface area contributed by atoms with Gasteiger partial charge in [0.15, 0.2) is 0 Å². The molecular weight excluding hydrogens is 220 g/mol. The molecule has 0 aliphatic heterocycles. The molecular formula is C16H24N2. The first-order chi connectivity index (χ1) is 8.40. The molecule has 0 aliphatic carbocycles. The summed E-state index contributed by atoms with van der Waals surface area (Å²) in [4.78, 5) is 2.35. The first-order valence-electron chi connectivity index (χ1n) is 6.37. The number of nitrogens with zero attached hydrogens (tertiary/aromatic N) is 1. The molecule has 0 saturated heterocycles. The van der Waals surface area contributed by atoms with Crippen LogP contribution in [0.5, 0.6) is 0 Å². The largest absolute Gasteiger partial charge is 0.320 e. The van der Waals surface area contributed by atoms with Crippen LogP contribution in [-0.2, 0) is 6.54 Å². The minimum atomic E-state index is 0.335. The van der Waals surface area contributed by atoms with Crippen molar-refractivity contribution in [3.63, 3.8) is 0 Å². The molecule has 0 fully saturated rings. The summed E-state index contributed by atoms with van der Waals surface area (Å²) in [5, 5.41) is 0. The number of hydrogen-bond donors (Lipinski definition) is 1. The summed E-state index contributed by atoms with van der Waals surface area (Å²) in [5.41, 5.74) is 8.03. The van der Waals surface area contributed by atoms with Crippen LogP contribution in [0.1, 0.15) is 31.9 Å². The van der Waals surface area contributed by atoms with Crippen molar-refractivity contribution in [2.75, 3.05) is 20.1 Å². The van der Waals surface area contributed by atoms with Crippen LogP contribution in [0, 0.1) is 17.3 Å². The highest BCUT2D eigenvalue weighted by Crippen LogP contribution is 2.16. The summed E-state index contributed by atoms with van der Waals surface area (Å²) in [7, 11) is 2.16. The fourth-order valence-corrected chi connectivity index (χ4v) is 2.02. The Morgan fingerprint density at radius 1 is 1.17 bits per heavy atom.